The van der Waals surface area contributed by atoms with Crippen LogP contribution in [0, 0.1) is 0 Å². The van der Waals surface area contributed by atoms with Crippen LogP contribution < -0.4 is 10.2 Å². The average molecular weight is 365 g/mol. The standard InChI is InChI=1S/C17H18Cl2N4O/c18-12-5-6-14(13(19)11-12)20-17(24)15-7-8-16(22-21-15)23-9-3-1-2-4-10-23/h5-8,11H,1-4,9-10H2,(H,20,24). The van der Waals surface area contributed by atoms with Gasteiger partial charge in [-0.2, -0.15) is 0 Å². The van der Waals surface area contributed by atoms with Crippen LogP contribution in [-0.4, -0.2) is 29.2 Å². The maximum absolute atomic E-state index is 12.3. The average Bonchev–Trinajstić information content (AvgIpc) is 2.87. The molecule has 0 unspecified atom stereocenters. The minimum absolute atomic E-state index is 0.250. The number of benzene rings is 1. The number of carbonyl (C=O) groups is 1. The van der Waals surface area contributed by atoms with Crippen molar-refractivity contribution in [2.75, 3.05) is 23.3 Å². The topological polar surface area (TPSA) is 58.1 Å². The van der Waals surface area contributed by atoms with Crippen molar-refractivity contribution in [1.82, 2.24) is 10.2 Å². The summed E-state index contributed by atoms with van der Waals surface area (Å²) in [6.07, 6.45) is 4.84. The molecule has 0 atom stereocenters. The molecule has 1 N–H and O–H groups in total. The van der Waals surface area contributed by atoms with E-state index in [-0.39, 0.29) is 11.6 Å². The number of rotatable bonds is 3. The molecule has 126 valence electrons. The van der Waals surface area contributed by atoms with Crippen LogP contribution in [0.3, 0.4) is 0 Å². The summed E-state index contributed by atoms with van der Waals surface area (Å²) >= 11 is 11.9. The number of halogens is 2. The molecule has 1 aromatic heterocycles. The van der Waals surface area contributed by atoms with E-state index in [9.17, 15) is 4.79 Å². The van der Waals surface area contributed by atoms with E-state index in [2.05, 4.69) is 20.4 Å². The van der Waals surface area contributed by atoms with E-state index in [4.69, 9.17) is 23.2 Å². The first-order valence-corrected chi connectivity index (χ1v) is 8.74. The number of amides is 1. The largest absolute Gasteiger partial charge is 0.355 e. The number of carbonyl (C=O) groups excluding carboxylic acids is 1. The predicted octanol–water partition coefficient (Wildman–Crippen LogP) is 4.42. The van der Waals surface area contributed by atoms with Gasteiger partial charge < -0.3 is 10.2 Å². The van der Waals surface area contributed by atoms with Gasteiger partial charge in [0.15, 0.2) is 11.5 Å². The monoisotopic (exact) mass is 364 g/mol. The van der Waals surface area contributed by atoms with E-state index in [1.807, 2.05) is 6.07 Å². The summed E-state index contributed by atoms with van der Waals surface area (Å²) in [5.74, 6) is 0.465. The Morgan fingerprint density at radius 3 is 2.38 bits per heavy atom. The van der Waals surface area contributed by atoms with E-state index in [1.54, 1.807) is 24.3 Å². The zero-order valence-corrected chi connectivity index (χ0v) is 14.6. The zero-order valence-electron chi connectivity index (χ0n) is 13.1. The molecule has 2 heterocycles. The quantitative estimate of drug-likeness (QED) is 0.875. The molecule has 1 aliphatic rings. The third-order valence-electron chi connectivity index (χ3n) is 3.99. The van der Waals surface area contributed by atoms with Gasteiger partial charge in [0.05, 0.1) is 10.7 Å². The molecule has 0 bridgehead atoms. The summed E-state index contributed by atoms with van der Waals surface area (Å²) in [6, 6.07) is 8.43. The van der Waals surface area contributed by atoms with Crippen LogP contribution in [0.4, 0.5) is 11.5 Å². The molecule has 24 heavy (non-hydrogen) atoms. The van der Waals surface area contributed by atoms with E-state index in [0.717, 1.165) is 18.9 Å². The normalized spacial score (nSPS) is 15.0. The number of nitrogens with zero attached hydrogens (tertiary/aromatic N) is 3. The molecule has 0 spiro atoms. The maximum Gasteiger partial charge on any atom is 0.276 e. The van der Waals surface area contributed by atoms with E-state index in [1.165, 1.54) is 25.7 Å². The Morgan fingerprint density at radius 1 is 1.00 bits per heavy atom. The van der Waals surface area contributed by atoms with Gasteiger partial charge in [-0.05, 0) is 43.2 Å². The minimum Gasteiger partial charge on any atom is -0.355 e. The fraction of sp³-hybridized carbons (Fsp3) is 0.353. The van der Waals surface area contributed by atoms with Crippen LogP contribution in [0.5, 0.6) is 0 Å². The van der Waals surface area contributed by atoms with Crippen LogP contribution >= 0.6 is 23.2 Å². The second kappa shape index (κ2) is 7.81. The third kappa shape index (κ3) is 4.16. The van der Waals surface area contributed by atoms with Crippen molar-refractivity contribution < 1.29 is 4.79 Å². The number of nitrogens with one attached hydrogen (secondary N) is 1. The van der Waals surface area contributed by atoms with Crippen molar-refractivity contribution >= 4 is 40.6 Å². The second-order valence-corrected chi connectivity index (χ2v) is 6.60. The van der Waals surface area contributed by atoms with Gasteiger partial charge in [-0.3, -0.25) is 4.79 Å². The van der Waals surface area contributed by atoms with Crippen LogP contribution in [0.15, 0.2) is 30.3 Å². The van der Waals surface area contributed by atoms with Gasteiger partial charge >= 0.3 is 0 Å². The van der Waals surface area contributed by atoms with Crippen molar-refractivity contribution in [1.29, 1.82) is 0 Å². The van der Waals surface area contributed by atoms with Crippen molar-refractivity contribution in [3.8, 4) is 0 Å². The van der Waals surface area contributed by atoms with Crippen LogP contribution in [0.1, 0.15) is 36.2 Å². The lowest BCUT2D eigenvalue weighted by Crippen LogP contribution is -2.25. The van der Waals surface area contributed by atoms with E-state index in [0.29, 0.717) is 15.7 Å². The Kier molecular flexibility index (Phi) is 5.53. The summed E-state index contributed by atoms with van der Waals surface area (Å²) in [6.45, 7) is 1.97. The minimum atomic E-state index is -0.353. The molecular formula is C17H18Cl2N4O. The highest BCUT2D eigenvalue weighted by molar-refractivity contribution is 6.36. The molecule has 0 saturated carbocycles. The molecule has 2 aromatic rings. The molecule has 7 heteroatoms. The van der Waals surface area contributed by atoms with Gasteiger partial charge in [-0.15, -0.1) is 10.2 Å². The highest BCUT2D eigenvalue weighted by Crippen LogP contribution is 2.25. The second-order valence-electron chi connectivity index (χ2n) is 5.76. The van der Waals surface area contributed by atoms with E-state index >= 15 is 0 Å². The SMILES string of the molecule is O=C(Nc1ccc(Cl)cc1Cl)c1ccc(N2CCCCCC2)nn1. The first-order chi connectivity index (χ1) is 11.6. The first kappa shape index (κ1) is 17.0. The Bertz CT molecular complexity index is 713. The molecule has 5 nitrogen and oxygen atoms in total. The van der Waals surface area contributed by atoms with Gasteiger partial charge in [0.2, 0.25) is 0 Å². The van der Waals surface area contributed by atoms with Gasteiger partial charge in [-0.25, -0.2) is 0 Å². The first-order valence-electron chi connectivity index (χ1n) is 7.98. The highest BCUT2D eigenvalue weighted by atomic mass is 35.5. The summed E-state index contributed by atoms with van der Waals surface area (Å²) in [5, 5.41) is 11.9. The Morgan fingerprint density at radius 2 is 1.75 bits per heavy atom. The molecule has 1 fully saturated rings. The molecule has 3 rings (SSSR count). The maximum atomic E-state index is 12.3. The van der Waals surface area contributed by atoms with Crippen molar-refractivity contribution in [3.05, 3.63) is 46.1 Å². The number of aromatic nitrogens is 2. The Labute approximate surface area is 151 Å². The van der Waals surface area contributed by atoms with Gasteiger partial charge in [0.1, 0.15) is 0 Å². The fourth-order valence-corrected chi connectivity index (χ4v) is 3.15. The van der Waals surface area contributed by atoms with Gasteiger partial charge in [-0.1, -0.05) is 36.0 Å². The lowest BCUT2D eigenvalue weighted by atomic mass is 10.2. The molecule has 0 aliphatic carbocycles. The predicted molar refractivity (Wildman–Crippen MR) is 97.1 cm³/mol. The zero-order chi connectivity index (χ0) is 16.9. The molecule has 0 radical (unpaired) electrons. The Balaban J connectivity index is 1.69. The summed E-state index contributed by atoms with van der Waals surface area (Å²) in [7, 11) is 0. The van der Waals surface area contributed by atoms with Gasteiger partial charge in [0.25, 0.3) is 5.91 Å². The van der Waals surface area contributed by atoms with Crippen LogP contribution in [-0.2, 0) is 0 Å². The van der Waals surface area contributed by atoms with Crippen molar-refractivity contribution in [3.63, 3.8) is 0 Å². The number of hydrogen-bond donors (Lipinski definition) is 1. The molecular weight excluding hydrogens is 347 g/mol. The van der Waals surface area contributed by atoms with E-state index < -0.39 is 0 Å². The summed E-state index contributed by atoms with van der Waals surface area (Å²) < 4.78 is 0. The summed E-state index contributed by atoms with van der Waals surface area (Å²) in [5.41, 5.74) is 0.740. The number of anilines is 2. The smallest absolute Gasteiger partial charge is 0.276 e. The molecule has 1 aliphatic heterocycles. The van der Waals surface area contributed by atoms with Crippen LogP contribution in [0.25, 0.3) is 0 Å². The molecule has 1 amide bonds. The van der Waals surface area contributed by atoms with Crippen molar-refractivity contribution in [2.24, 2.45) is 0 Å². The Hall–Kier alpha value is -1.85. The molecule has 1 aromatic carbocycles. The van der Waals surface area contributed by atoms with Crippen LogP contribution in [0.2, 0.25) is 10.0 Å². The molecule has 1 saturated heterocycles. The third-order valence-corrected chi connectivity index (χ3v) is 4.54. The fourth-order valence-electron chi connectivity index (χ4n) is 2.69. The lowest BCUT2D eigenvalue weighted by Gasteiger charge is -2.20. The van der Waals surface area contributed by atoms with Gasteiger partial charge in [0, 0.05) is 18.1 Å². The lowest BCUT2D eigenvalue weighted by molar-refractivity contribution is 0.102. The number of hydrogen-bond acceptors (Lipinski definition) is 4. The highest BCUT2D eigenvalue weighted by Gasteiger charge is 2.14. The van der Waals surface area contributed by atoms with Crippen molar-refractivity contribution in [2.45, 2.75) is 25.7 Å². The summed E-state index contributed by atoms with van der Waals surface area (Å²) in [4.78, 5) is 14.5.